The summed E-state index contributed by atoms with van der Waals surface area (Å²) in [6, 6.07) is 4.81. The predicted molar refractivity (Wildman–Crippen MR) is 106 cm³/mol. The van der Waals surface area contributed by atoms with E-state index >= 15 is 0 Å². The number of nitrogens with zero attached hydrogens (tertiary/aromatic N) is 5. The lowest BCUT2D eigenvalue weighted by atomic mass is 10.2. The Bertz CT molecular complexity index is 1030. The normalized spacial score (nSPS) is 18.3. The molecule has 2 aliphatic heterocycles. The first-order chi connectivity index (χ1) is 13.3. The van der Waals surface area contributed by atoms with E-state index in [2.05, 4.69) is 10.3 Å². The second kappa shape index (κ2) is 6.63. The second-order valence-electron chi connectivity index (χ2n) is 7.08. The maximum absolute atomic E-state index is 12.7. The highest BCUT2D eigenvalue weighted by Gasteiger charge is 2.52. The largest absolute Gasteiger partial charge is 0.401 e. The summed E-state index contributed by atoms with van der Waals surface area (Å²) in [5.41, 5.74) is 2.99. The van der Waals surface area contributed by atoms with Gasteiger partial charge in [0.05, 0.1) is 6.54 Å². The average Bonchev–Trinajstić information content (AvgIpc) is 3.17. The Balaban J connectivity index is 1.59. The van der Waals surface area contributed by atoms with Crippen LogP contribution in [0, 0.1) is 13.8 Å². The number of anilines is 1. The molecular weight excluding hydrogens is 380 g/mol. The molecule has 0 aliphatic carbocycles. The van der Waals surface area contributed by atoms with E-state index in [-0.39, 0.29) is 11.9 Å². The number of nitrogens with one attached hydrogen (secondary N) is 1. The number of hydrogen-bond donors (Lipinski definition) is 1. The number of likely N-dealkylation sites (N-methyl/N-ethyl adjacent to an activating group) is 2. The van der Waals surface area contributed by atoms with E-state index in [1.54, 1.807) is 7.05 Å². The summed E-state index contributed by atoms with van der Waals surface area (Å²) in [5, 5.41) is 4.13. The Morgan fingerprint density at radius 2 is 1.96 bits per heavy atom. The van der Waals surface area contributed by atoms with E-state index in [9.17, 15) is 9.59 Å². The van der Waals surface area contributed by atoms with Crippen LogP contribution in [0.15, 0.2) is 29.4 Å². The van der Waals surface area contributed by atoms with Crippen LogP contribution in [0.5, 0.6) is 0 Å². The molecule has 146 valence electrons. The number of carbonyl (C=O) groups is 2. The maximum Gasteiger partial charge on any atom is 0.401 e. The van der Waals surface area contributed by atoms with Crippen LogP contribution in [0.1, 0.15) is 17.3 Å². The number of aryl methyl sites for hydroxylation is 1. The Morgan fingerprint density at radius 3 is 2.71 bits per heavy atom. The van der Waals surface area contributed by atoms with Crippen LogP contribution in [0.3, 0.4) is 0 Å². The quantitative estimate of drug-likeness (QED) is 0.798. The van der Waals surface area contributed by atoms with Gasteiger partial charge in [0.2, 0.25) is 11.9 Å². The van der Waals surface area contributed by atoms with Gasteiger partial charge in [-0.25, -0.2) is 13.9 Å². The number of aromatic nitrogens is 2. The van der Waals surface area contributed by atoms with E-state index < -0.39 is 6.04 Å². The minimum Gasteiger partial charge on any atom is -0.382 e. The van der Waals surface area contributed by atoms with E-state index in [1.807, 2.05) is 47.4 Å². The van der Waals surface area contributed by atoms with Gasteiger partial charge in [-0.1, -0.05) is 22.7 Å². The van der Waals surface area contributed by atoms with Crippen molar-refractivity contribution in [3.05, 3.63) is 40.7 Å². The van der Waals surface area contributed by atoms with Crippen molar-refractivity contribution in [3.8, 4) is 0 Å². The molecule has 1 N–H and O–H groups in total. The number of amidine groups is 1. The van der Waals surface area contributed by atoms with Crippen molar-refractivity contribution >= 4 is 41.0 Å². The third-order valence-electron chi connectivity index (χ3n) is 5.36. The molecule has 4 rings (SSSR count). The molecule has 2 aliphatic rings. The van der Waals surface area contributed by atoms with Gasteiger partial charge in [-0.05, 0) is 31.5 Å². The molecular formula is C19H22ClN6O2+. The molecule has 0 spiro atoms. The SMILES string of the molecule is Cc1c(Cl)cccc1NCCn1c(C)c[n+]2c1N=C1C2C(=O)N(C)C(=O)N1C. The van der Waals surface area contributed by atoms with Crippen LogP contribution in [0.2, 0.25) is 5.02 Å². The molecule has 0 saturated carbocycles. The van der Waals surface area contributed by atoms with Crippen LogP contribution in [-0.2, 0) is 11.3 Å². The second-order valence-corrected chi connectivity index (χ2v) is 7.49. The molecule has 0 bridgehead atoms. The number of fused-ring (bicyclic) bond motifs is 3. The highest BCUT2D eigenvalue weighted by Crippen LogP contribution is 2.28. The van der Waals surface area contributed by atoms with Crippen molar-refractivity contribution in [2.24, 2.45) is 4.99 Å². The smallest absolute Gasteiger partial charge is 0.382 e. The summed E-state index contributed by atoms with van der Waals surface area (Å²) in [7, 11) is 3.14. The molecule has 1 aromatic carbocycles. The number of amides is 3. The van der Waals surface area contributed by atoms with Crippen LogP contribution in [0.4, 0.5) is 16.4 Å². The first-order valence-corrected chi connectivity index (χ1v) is 9.43. The van der Waals surface area contributed by atoms with Crippen molar-refractivity contribution in [1.82, 2.24) is 14.4 Å². The van der Waals surface area contributed by atoms with E-state index in [4.69, 9.17) is 11.6 Å². The van der Waals surface area contributed by atoms with Gasteiger partial charge < -0.3 is 5.32 Å². The van der Waals surface area contributed by atoms with Crippen molar-refractivity contribution in [1.29, 1.82) is 0 Å². The molecule has 1 atom stereocenters. The summed E-state index contributed by atoms with van der Waals surface area (Å²) >= 11 is 6.18. The Labute approximate surface area is 168 Å². The van der Waals surface area contributed by atoms with Gasteiger partial charge >= 0.3 is 12.0 Å². The topological polar surface area (TPSA) is 73.8 Å². The molecule has 3 heterocycles. The highest BCUT2D eigenvalue weighted by molar-refractivity contribution is 6.31. The molecule has 28 heavy (non-hydrogen) atoms. The third-order valence-corrected chi connectivity index (χ3v) is 5.77. The molecule has 8 nitrogen and oxygen atoms in total. The summed E-state index contributed by atoms with van der Waals surface area (Å²) in [6.07, 6.45) is 1.91. The highest BCUT2D eigenvalue weighted by atomic mass is 35.5. The van der Waals surface area contributed by atoms with Crippen molar-refractivity contribution in [2.75, 3.05) is 26.0 Å². The van der Waals surface area contributed by atoms with Gasteiger partial charge in [-0.2, -0.15) is 0 Å². The van der Waals surface area contributed by atoms with Crippen LogP contribution >= 0.6 is 11.6 Å². The average molecular weight is 402 g/mol. The lowest BCUT2D eigenvalue weighted by molar-refractivity contribution is -0.677. The molecule has 3 amide bonds. The third kappa shape index (κ3) is 2.67. The molecule has 1 unspecified atom stereocenters. The minimum atomic E-state index is -0.592. The lowest BCUT2D eigenvalue weighted by Gasteiger charge is -2.30. The summed E-state index contributed by atoms with van der Waals surface area (Å²) in [5.74, 6) is 0.872. The number of imide groups is 1. The first kappa shape index (κ1) is 18.5. The Morgan fingerprint density at radius 1 is 1.21 bits per heavy atom. The monoisotopic (exact) mass is 401 g/mol. The van der Waals surface area contributed by atoms with Gasteiger partial charge in [0.25, 0.3) is 5.91 Å². The number of benzene rings is 1. The Kier molecular flexibility index (Phi) is 4.38. The van der Waals surface area contributed by atoms with Crippen molar-refractivity contribution in [2.45, 2.75) is 26.4 Å². The zero-order valence-corrected chi connectivity index (χ0v) is 17.0. The Hall–Kier alpha value is -2.87. The fraction of sp³-hybridized carbons (Fsp3) is 0.368. The van der Waals surface area contributed by atoms with Crippen LogP contribution in [-0.4, -0.2) is 52.8 Å². The molecule has 0 radical (unpaired) electrons. The van der Waals surface area contributed by atoms with Gasteiger partial charge in [0, 0.05) is 31.4 Å². The number of carbonyl (C=O) groups excluding carboxylic acids is 2. The first-order valence-electron chi connectivity index (χ1n) is 9.05. The number of aliphatic imine (C=N–C) groups is 1. The molecule has 1 saturated heterocycles. The van der Waals surface area contributed by atoms with Gasteiger partial charge in [-0.15, -0.1) is 0 Å². The summed E-state index contributed by atoms with van der Waals surface area (Å²) in [4.78, 5) is 32.1. The van der Waals surface area contributed by atoms with E-state index in [0.717, 1.165) is 26.9 Å². The molecule has 1 fully saturated rings. The number of urea groups is 1. The summed E-state index contributed by atoms with van der Waals surface area (Å²) < 4.78 is 3.89. The zero-order chi connectivity index (χ0) is 20.2. The van der Waals surface area contributed by atoms with Crippen molar-refractivity contribution < 1.29 is 14.2 Å². The lowest BCUT2D eigenvalue weighted by Crippen LogP contribution is -2.61. The predicted octanol–water partition coefficient (Wildman–Crippen LogP) is 2.27. The fourth-order valence-corrected chi connectivity index (χ4v) is 3.86. The number of imidazole rings is 1. The van der Waals surface area contributed by atoms with Gasteiger partial charge in [0.15, 0.2) is 0 Å². The van der Waals surface area contributed by atoms with Gasteiger partial charge in [-0.3, -0.25) is 14.6 Å². The van der Waals surface area contributed by atoms with Gasteiger partial charge in [0.1, 0.15) is 11.9 Å². The summed E-state index contributed by atoms with van der Waals surface area (Å²) in [6.45, 7) is 5.29. The van der Waals surface area contributed by atoms with E-state index in [0.29, 0.717) is 24.9 Å². The zero-order valence-electron chi connectivity index (χ0n) is 16.2. The number of hydrogen-bond acceptors (Lipinski definition) is 4. The minimum absolute atomic E-state index is 0.268. The molecule has 9 heteroatoms. The molecule has 2 aromatic rings. The van der Waals surface area contributed by atoms with E-state index in [1.165, 1.54) is 11.9 Å². The molecule has 1 aromatic heterocycles. The van der Waals surface area contributed by atoms with Crippen molar-refractivity contribution in [3.63, 3.8) is 0 Å². The maximum atomic E-state index is 12.7. The number of halogens is 1. The van der Waals surface area contributed by atoms with Crippen LogP contribution in [0.25, 0.3) is 0 Å². The van der Waals surface area contributed by atoms with Crippen LogP contribution < -0.4 is 9.88 Å². The standard InChI is InChI=1S/C19H22ClN6O2/c1-11-10-26-15-16(23(3)19(28)24(4)17(15)27)22-18(26)25(11)9-8-21-14-7-5-6-13(20)12(14)2/h5-7,10,15,21H,8-9H2,1-4H3/q+1. The fourth-order valence-electron chi connectivity index (χ4n) is 3.69. The number of rotatable bonds is 4.